The number of ether oxygens (including phenoxy) is 1. The number of benzene rings is 1. The molecule has 3 aromatic rings. The molecule has 0 unspecified atom stereocenters. The molecule has 0 radical (unpaired) electrons. The average Bonchev–Trinajstić information content (AvgIpc) is 3.37. The van der Waals surface area contributed by atoms with Crippen molar-refractivity contribution in [3.63, 3.8) is 0 Å². The van der Waals surface area contributed by atoms with Crippen LogP contribution in [0, 0.1) is 12.7 Å². The highest BCUT2D eigenvalue weighted by Gasteiger charge is 2.26. The summed E-state index contributed by atoms with van der Waals surface area (Å²) in [4.78, 5) is 19.1. The van der Waals surface area contributed by atoms with E-state index < -0.39 is 21.7 Å². The standard InChI is InChI=1S/C18H17FN4O5S2/c1-11-15(30(25,26)22-13-4-2-12(19)3-5-13)10-14(29-11)16-20-17(28-21-16)18(24)23-6-8-27-9-7-23/h2-5,10,22H,6-9H2,1H3. The van der Waals surface area contributed by atoms with E-state index in [0.717, 1.165) is 23.5 Å². The summed E-state index contributed by atoms with van der Waals surface area (Å²) in [6.45, 7) is 3.41. The molecule has 4 rings (SSSR count). The van der Waals surface area contributed by atoms with Crippen molar-refractivity contribution in [1.82, 2.24) is 15.0 Å². The summed E-state index contributed by atoms with van der Waals surface area (Å²) < 4.78 is 51.2. The molecule has 1 aromatic carbocycles. The first-order chi connectivity index (χ1) is 14.3. The van der Waals surface area contributed by atoms with E-state index in [0.29, 0.717) is 36.1 Å². The van der Waals surface area contributed by atoms with Gasteiger partial charge in [0, 0.05) is 23.7 Å². The van der Waals surface area contributed by atoms with Crippen LogP contribution in [0.25, 0.3) is 10.7 Å². The normalized spacial score (nSPS) is 14.7. The first-order valence-electron chi connectivity index (χ1n) is 8.93. The number of amides is 1. The third-order valence-electron chi connectivity index (χ3n) is 4.39. The molecular weight excluding hydrogens is 435 g/mol. The molecule has 0 atom stereocenters. The molecule has 1 amide bonds. The summed E-state index contributed by atoms with van der Waals surface area (Å²) >= 11 is 1.16. The molecule has 12 heteroatoms. The van der Waals surface area contributed by atoms with Crippen molar-refractivity contribution in [3.05, 3.63) is 46.9 Å². The van der Waals surface area contributed by atoms with Crippen molar-refractivity contribution in [2.24, 2.45) is 0 Å². The molecule has 0 spiro atoms. The van der Waals surface area contributed by atoms with Gasteiger partial charge in [-0.15, -0.1) is 11.3 Å². The highest BCUT2D eigenvalue weighted by atomic mass is 32.2. The van der Waals surface area contributed by atoms with Crippen molar-refractivity contribution in [2.45, 2.75) is 11.8 Å². The third-order valence-corrected chi connectivity index (χ3v) is 7.07. The second-order valence-electron chi connectivity index (χ2n) is 6.47. The first-order valence-corrected chi connectivity index (χ1v) is 11.2. The van der Waals surface area contributed by atoms with Gasteiger partial charge >= 0.3 is 11.8 Å². The van der Waals surface area contributed by atoms with E-state index in [9.17, 15) is 17.6 Å². The Balaban J connectivity index is 1.56. The molecule has 3 heterocycles. The number of nitrogens with one attached hydrogen (secondary N) is 1. The SMILES string of the molecule is Cc1sc(-c2noc(C(=O)N3CCOCC3)n2)cc1S(=O)(=O)Nc1ccc(F)cc1. The molecule has 2 aromatic heterocycles. The molecule has 9 nitrogen and oxygen atoms in total. The monoisotopic (exact) mass is 452 g/mol. The maximum Gasteiger partial charge on any atom is 0.316 e. The number of rotatable bonds is 5. The Labute approximate surface area is 175 Å². The van der Waals surface area contributed by atoms with E-state index in [-0.39, 0.29) is 22.3 Å². The van der Waals surface area contributed by atoms with Gasteiger partial charge in [-0.1, -0.05) is 5.16 Å². The minimum absolute atomic E-state index is 0.0395. The number of carbonyl (C=O) groups is 1. The fourth-order valence-electron chi connectivity index (χ4n) is 2.88. The zero-order chi connectivity index (χ0) is 21.3. The summed E-state index contributed by atoms with van der Waals surface area (Å²) in [5.74, 6) is -0.891. The van der Waals surface area contributed by atoms with Crippen LogP contribution in [0.1, 0.15) is 15.6 Å². The van der Waals surface area contributed by atoms with E-state index in [1.54, 1.807) is 11.8 Å². The number of nitrogens with zero attached hydrogens (tertiary/aromatic N) is 3. The summed E-state index contributed by atoms with van der Waals surface area (Å²) in [5.41, 5.74) is 0.238. The Morgan fingerprint density at radius 2 is 1.93 bits per heavy atom. The number of morpholine rings is 1. The number of aromatic nitrogens is 2. The minimum Gasteiger partial charge on any atom is -0.378 e. The Morgan fingerprint density at radius 1 is 1.23 bits per heavy atom. The third kappa shape index (κ3) is 4.20. The molecule has 0 aliphatic carbocycles. The zero-order valence-electron chi connectivity index (χ0n) is 15.8. The van der Waals surface area contributed by atoms with Crippen LogP contribution in [0.3, 0.4) is 0 Å². The van der Waals surface area contributed by atoms with Crippen molar-refractivity contribution >= 4 is 33.0 Å². The lowest BCUT2D eigenvalue weighted by Crippen LogP contribution is -2.40. The minimum atomic E-state index is -3.91. The number of carbonyl (C=O) groups excluding carboxylic acids is 1. The second-order valence-corrected chi connectivity index (χ2v) is 9.38. The maximum absolute atomic E-state index is 13.0. The lowest BCUT2D eigenvalue weighted by atomic mass is 10.3. The Morgan fingerprint density at radius 3 is 2.63 bits per heavy atom. The number of hydrogen-bond donors (Lipinski definition) is 1. The van der Waals surface area contributed by atoms with Crippen LogP contribution in [0.4, 0.5) is 10.1 Å². The highest BCUT2D eigenvalue weighted by molar-refractivity contribution is 7.93. The Kier molecular flexibility index (Phi) is 5.54. The summed E-state index contributed by atoms with van der Waals surface area (Å²) in [7, 11) is -3.91. The van der Waals surface area contributed by atoms with E-state index in [4.69, 9.17) is 9.26 Å². The van der Waals surface area contributed by atoms with Gasteiger partial charge in [0.15, 0.2) is 0 Å². The van der Waals surface area contributed by atoms with Gasteiger partial charge in [0.2, 0.25) is 5.82 Å². The van der Waals surface area contributed by atoms with Crippen LogP contribution >= 0.6 is 11.3 Å². The Hall–Kier alpha value is -2.83. The molecule has 1 fully saturated rings. The van der Waals surface area contributed by atoms with Gasteiger partial charge in [-0.2, -0.15) is 4.98 Å². The predicted octanol–water partition coefficient (Wildman–Crippen LogP) is 2.52. The molecule has 158 valence electrons. The lowest BCUT2D eigenvalue weighted by molar-refractivity contribution is 0.0272. The molecule has 1 saturated heterocycles. The topological polar surface area (TPSA) is 115 Å². The number of hydrogen-bond acceptors (Lipinski definition) is 8. The molecule has 0 saturated carbocycles. The van der Waals surface area contributed by atoms with Gasteiger partial charge in [0.1, 0.15) is 10.7 Å². The van der Waals surface area contributed by atoms with Crippen molar-refractivity contribution < 1.29 is 26.9 Å². The summed E-state index contributed by atoms with van der Waals surface area (Å²) in [5, 5.41) is 3.82. The fraction of sp³-hybridized carbons (Fsp3) is 0.278. The smallest absolute Gasteiger partial charge is 0.316 e. The number of halogens is 1. The van der Waals surface area contributed by atoms with Gasteiger partial charge in [-0.3, -0.25) is 9.52 Å². The zero-order valence-corrected chi connectivity index (χ0v) is 17.4. The molecule has 1 aliphatic heterocycles. The maximum atomic E-state index is 13.0. The average molecular weight is 452 g/mol. The summed E-state index contributed by atoms with van der Waals surface area (Å²) in [6, 6.07) is 6.41. The molecule has 30 heavy (non-hydrogen) atoms. The molecule has 0 bridgehead atoms. The van der Waals surface area contributed by atoms with Gasteiger partial charge in [-0.25, -0.2) is 12.8 Å². The molecular formula is C18H17FN4O5S2. The van der Waals surface area contributed by atoms with E-state index >= 15 is 0 Å². The van der Waals surface area contributed by atoms with Crippen LogP contribution < -0.4 is 4.72 Å². The van der Waals surface area contributed by atoms with Crippen LogP contribution in [-0.2, 0) is 14.8 Å². The van der Waals surface area contributed by atoms with Crippen molar-refractivity contribution in [3.8, 4) is 10.7 Å². The molecule has 1 aliphatic rings. The van der Waals surface area contributed by atoms with Gasteiger partial charge < -0.3 is 14.2 Å². The van der Waals surface area contributed by atoms with Gasteiger partial charge in [0.25, 0.3) is 10.0 Å². The second kappa shape index (κ2) is 8.13. The number of thiophene rings is 1. The Bertz CT molecular complexity index is 1170. The number of sulfonamides is 1. The van der Waals surface area contributed by atoms with Crippen LogP contribution in [0.2, 0.25) is 0 Å². The number of aryl methyl sites for hydroxylation is 1. The van der Waals surface area contributed by atoms with E-state index in [1.807, 2.05) is 0 Å². The van der Waals surface area contributed by atoms with Crippen LogP contribution in [-0.4, -0.2) is 55.7 Å². The van der Waals surface area contributed by atoms with Crippen molar-refractivity contribution in [1.29, 1.82) is 0 Å². The van der Waals surface area contributed by atoms with Gasteiger partial charge in [-0.05, 0) is 37.3 Å². The van der Waals surface area contributed by atoms with Crippen molar-refractivity contribution in [2.75, 3.05) is 31.0 Å². The van der Waals surface area contributed by atoms with Crippen LogP contribution in [0.15, 0.2) is 39.8 Å². The quantitative estimate of drug-likeness (QED) is 0.633. The number of anilines is 1. The van der Waals surface area contributed by atoms with E-state index in [1.165, 1.54) is 18.2 Å². The summed E-state index contributed by atoms with van der Waals surface area (Å²) in [6.07, 6.45) is 0. The first kappa shape index (κ1) is 20.4. The lowest BCUT2D eigenvalue weighted by Gasteiger charge is -2.25. The molecule has 1 N–H and O–H groups in total. The highest BCUT2D eigenvalue weighted by Crippen LogP contribution is 2.33. The van der Waals surface area contributed by atoms with Crippen LogP contribution in [0.5, 0.6) is 0 Å². The van der Waals surface area contributed by atoms with E-state index in [2.05, 4.69) is 14.9 Å². The predicted molar refractivity (Wildman–Crippen MR) is 106 cm³/mol. The fourth-order valence-corrected chi connectivity index (χ4v) is 5.46. The largest absolute Gasteiger partial charge is 0.378 e. The van der Waals surface area contributed by atoms with Gasteiger partial charge in [0.05, 0.1) is 18.1 Å².